The molecular weight excluding hydrogens is 348 g/mol. The lowest BCUT2D eigenvalue weighted by Gasteiger charge is -2.25. The van der Waals surface area contributed by atoms with Gasteiger partial charge in [0.15, 0.2) is 5.78 Å². The number of aromatic amines is 1. The SMILES string of the molecule is Cn1[nH]c(=O)c2c1NC1=C(C(=O)CC1)C2c1ccc(Cl)c([N+](=O)[O-])c1. The lowest BCUT2D eigenvalue weighted by molar-refractivity contribution is -0.384. The molecule has 0 fully saturated rings. The summed E-state index contributed by atoms with van der Waals surface area (Å²) in [5.41, 5.74) is 1.56. The van der Waals surface area contributed by atoms with Gasteiger partial charge in [-0.15, -0.1) is 0 Å². The Hall–Kier alpha value is -2.87. The number of ketones is 1. The number of Topliss-reactive ketones (excluding diaryl/α,β-unsaturated/α-hetero) is 1. The molecule has 2 heterocycles. The van der Waals surface area contributed by atoms with Gasteiger partial charge in [0, 0.05) is 36.7 Å². The van der Waals surface area contributed by atoms with Crippen LogP contribution in [0.3, 0.4) is 0 Å². The first kappa shape index (κ1) is 15.6. The molecule has 1 aromatic carbocycles. The van der Waals surface area contributed by atoms with E-state index in [-0.39, 0.29) is 22.1 Å². The summed E-state index contributed by atoms with van der Waals surface area (Å²) >= 11 is 5.90. The van der Waals surface area contributed by atoms with Crippen molar-refractivity contribution in [3.8, 4) is 0 Å². The van der Waals surface area contributed by atoms with Crippen LogP contribution in [0.4, 0.5) is 11.5 Å². The van der Waals surface area contributed by atoms with Gasteiger partial charge in [0.2, 0.25) is 0 Å². The number of rotatable bonds is 2. The first-order chi connectivity index (χ1) is 11.9. The smallest absolute Gasteiger partial charge is 0.288 e. The molecule has 1 atom stereocenters. The van der Waals surface area contributed by atoms with E-state index in [1.807, 2.05) is 0 Å². The number of anilines is 1. The van der Waals surface area contributed by atoms with E-state index in [2.05, 4.69) is 10.4 Å². The normalized spacial score (nSPS) is 18.8. The van der Waals surface area contributed by atoms with Gasteiger partial charge >= 0.3 is 0 Å². The number of hydrogen-bond donors (Lipinski definition) is 2. The minimum atomic E-state index is -0.651. The number of H-pyrrole nitrogens is 1. The molecule has 9 heteroatoms. The number of aromatic nitrogens is 2. The monoisotopic (exact) mass is 360 g/mol. The van der Waals surface area contributed by atoms with Crippen molar-refractivity contribution in [1.29, 1.82) is 0 Å². The lowest BCUT2D eigenvalue weighted by atomic mass is 9.82. The topological polar surface area (TPSA) is 110 Å². The zero-order valence-corrected chi connectivity index (χ0v) is 13.9. The number of nitrogens with one attached hydrogen (secondary N) is 2. The first-order valence-corrected chi connectivity index (χ1v) is 8.02. The van der Waals surface area contributed by atoms with Gasteiger partial charge in [0.05, 0.1) is 10.5 Å². The number of allylic oxidation sites excluding steroid dienone is 2. The van der Waals surface area contributed by atoms with Gasteiger partial charge < -0.3 is 5.32 Å². The van der Waals surface area contributed by atoms with E-state index in [1.54, 1.807) is 17.8 Å². The molecule has 0 saturated carbocycles. The molecule has 1 aliphatic carbocycles. The van der Waals surface area contributed by atoms with Crippen LogP contribution in [-0.4, -0.2) is 20.5 Å². The van der Waals surface area contributed by atoms with Crippen LogP contribution in [0.15, 0.2) is 34.3 Å². The molecule has 1 aliphatic heterocycles. The maximum absolute atomic E-state index is 12.4. The van der Waals surface area contributed by atoms with Crippen LogP contribution in [0.1, 0.15) is 29.9 Å². The maximum Gasteiger partial charge on any atom is 0.288 e. The van der Waals surface area contributed by atoms with Crippen LogP contribution < -0.4 is 10.9 Å². The third kappa shape index (κ3) is 2.21. The number of aryl methyl sites for hydroxylation is 1. The number of nitro groups is 1. The van der Waals surface area contributed by atoms with E-state index >= 15 is 0 Å². The second-order valence-corrected chi connectivity index (χ2v) is 6.51. The average molecular weight is 361 g/mol. The number of carbonyl (C=O) groups is 1. The largest absolute Gasteiger partial charge is 0.343 e. The molecule has 0 spiro atoms. The summed E-state index contributed by atoms with van der Waals surface area (Å²) in [6.07, 6.45) is 0.912. The summed E-state index contributed by atoms with van der Waals surface area (Å²) in [5, 5.41) is 17.1. The van der Waals surface area contributed by atoms with Crippen LogP contribution in [0.25, 0.3) is 0 Å². The second kappa shape index (κ2) is 5.32. The summed E-state index contributed by atoms with van der Waals surface area (Å²) < 4.78 is 1.56. The van der Waals surface area contributed by atoms with E-state index in [4.69, 9.17) is 11.6 Å². The minimum Gasteiger partial charge on any atom is -0.343 e. The summed E-state index contributed by atoms with van der Waals surface area (Å²) in [5.74, 6) is -0.137. The molecule has 1 unspecified atom stereocenters. The van der Waals surface area contributed by atoms with Gasteiger partial charge in [-0.2, -0.15) is 0 Å². The van der Waals surface area contributed by atoms with Crippen LogP contribution in [0, 0.1) is 10.1 Å². The minimum absolute atomic E-state index is 0.0110. The van der Waals surface area contributed by atoms with E-state index in [1.165, 1.54) is 12.1 Å². The highest BCUT2D eigenvalue weighted by Crippen LogP contribution is 2.45. The molecule has 2 aromatic rings. The average Bonchev–Trinajstić information content (AvgIpc) is 3.07. The Bertz CT molecular complexity index is 1030. The fourth-order valence-electron chi connectivity index (χ4n) is 3.59. The van der Waals surface area contributed by atoms with Crippen molar-refractivity contribution in [2.24, 2.45) is 7.05 Å². The fourth-order valence-corrected chi connectivity index (χ4v) is 3.77. The van der Waals surface area contributed by atoms with Gasteiger partial charge in [-0.25, -0.2) is 0 Å². The molecule has 2 aliphatic rings. The van der Waals surface area contributed by atoms with Crippen LogP contribution in [0.2, 0.25) is 5.02 Å². The molecule has 0 amide bonds. The van der Waals surface area contributed by atoms with E-state index in [0.717, 1.165) is 5.70 Å². The Balaban J connectivity index is 1.99. The van der Waals surface area contributed by atoms with E-state index in [9.17, 15) is 19.7 Å². The van der Waals surface area contributed by atoms with Gasteiger partial charge in [-0.3, -0.25) is 29.5 Å². The quantitative estimate of drug-likeness (QED) is 0.631. The number of benzene rings is 1. The molecule has 0 bridgehead atoms. The first-order valence-electron chi connectivity index (χ1n) is 7.64. The highest BCUT2D eigenvalue weighted by Gasteiger charge is 2.40. The lowest BCUT2D eigenvalue weighted by Crippen LogP contribution is -2.23. The van der Waals surface area contributed by atoms with E-state index in [0.29, 0.717) is 35.4 Å². The standard InChI is InChI=1S/C16H13ClN4O4/c1-20-15-14(16(23)19-20)12(13-9(18-15)4-5-11(13)22)7-2-3-8(17)10(6-7)21(24)25/h2-3,6,12,18H,4-5H2,1H3,(H,19,23). The number of nitro benzene ring substituents is 1. The fraction of sp³-hybridized carbons (Fsp3) is 0.250. The molecular formula is C16H13ClN4O4. The molecule has 0 saturated heterocycles. The number of carbonyl (C=O) groups excluding carboxylic acids is 1. The van der Waals surface area contributed by atoms with Gasteiger partial charge in [0.25, 0.3) is 11.2 Å². The highest BCUT2D eigenvalue weighted by molar-refractivity contribution is 6.32. The second-order valence-electron chi connectivity index (χ2n) is 6.10. The predicted molar refractivity (Wildman–Crippen MR) is 90.9 cm³/mol. The Morgan fingerprint density at radius 2 is 2.08 bits per heavy atom. The third-order valence-electron chi connectivity index (χ3n) is 4.68. The highest BCUT2D eigenvalue weighted by atomic mass is 35.5. The molecule has 1 aromatic heterocycles. The summed E-state index contributed by atoms with van der Waals surface area (Å²) in [6.45, 7) is 0. The number of hydrogen-bond acceptors (Lipinski definition) is 5. The predicted octanol–water partition coefficient (Wildman–Crippen LogP) is 2.45. The molecule has 25 heavy (non-hydrogen) atoms. The van der Waals surface area contributed by atoms with Crippen molar-refractivity contribution in [3.63, 3.8) is 0 Å². The zero-order valence-electron chi connectivity index (χ0n) is 13.1. The van der Waals surface area contributed by atoms with Crippen molar-refractivity contribution < 1.29 is 9.72 Å². The molecule has 0 radical (unpaired) electrons. The van der Waals surface area contributed by atoms with Crippen molar-refractivity contribution >= 4 is 28.9 Å². The van der Waals surface area contributed by atoms with Crippen LogP contribution in [0.5, 0.6) is 0 Å². The van der Waals surface area contributed by atoms with Crippen molar-refractivity contribution in [1.82, 2.24) is 9.78 Å². The van der Waals surface area contributed by atoms with Crippen LogP contribution in [-0.2, 0) is 11.8 Å². The maximum atomic E-state index is 12.4. The summed E-state index contributed by atoms with van der Waals surface area (Å²) in [4.78, 5) is 35.5. The van der Waals surface area contributed by atoms with Gasteiger partial charge in [-0.1, -0.05) is 17.7 Å². The number of nitrogens with zero attached hydrogens (tertiary/aromatic N) is 2. The Morgan fingerprint density at radius 1 is 1.32 bits per heavy atom. The van der Waals surface area contributed by atoms with Gasteiger partial charge in [0.1, 0.15) is 10.8 Å². The molecule has 2 N–H and O–H groups in total. The number of halogens is 1. The van der Waals surface area contributed by atoms with Gasteiger partial charge in [-0.05, 0) is 18.1 Å². The molecule has 8 nitrogen and oxygen atoms in total. The van der Waals surface area contributed by atoms with Crippen LogP contribution >= 0.6 is 11.6 Å². The summed E-state index contributed by atoms with van der Waals surface area (Å²) in [6, 6.07) is 4.38. The zero-order chi connectivity index (χ0) is 17.9. The molecule has 4 rings (SSSR count). The third-order valence-corrected chi connectivity index (χ3v) is 5.00. The van der Waals surface area contributed by atoms with Crippen molar-refractivity contribution in [3.05, 3.63) is 66.1 Å². The van der Waals surface area contributed by atoms with Crippen molar-refractivity contribution in [2.45, 2.75) is 18.8 Å². The Morgan fingerprint density at radius 3 is 2.80 bits per heavy atom. The Kier molecular flexibility index (Phi) is 3.33. The Labute approximate surface area is 146 Å². The summed E-state index contributed by atoms with van der Waals surface area (Å²) in [7, 11) is 1.69. The molecule has 128 valence electrons. The number of fused-ring (bicyclic) bond motifs is 1. The van der Waals surface area contributed by atoms with Crippen molar-refractivity contribution in [2.75, 3.05) is 5.32 Å². The van der Waals surface area contributed by atoms with E-state index < -0.39 is 10.8 Å².